The molecule has 0 radical (unpaired) electrons. The number of aromatic nitrogens is 2. The maximum atomic E-state index is 6.14. The standard InChI is InChI=1S/C15H28N4O/c1-11(2)14-13(16)15(19(3)18-14)17-9-10-20-12-7-5-4-6-8-12/h11-12,17H,4-10,16H2,1-3H3. The van der Waals surface area contributed by atoms with Gasteiger partial charge in [-0.05, 0) is 18.8 Å². The van der Waals surface area contributed by atoms with Crippen LogP contribution < -0.4 is 11.1 Å². The van der Waals surface area contributed by atoms with E-state index in [1.807, 2.05) is 11.7 Å². The number of hydrogen-bond acceptors (Lipinski definition) is 4. The van der Waals surface area contributed by atoms with Gasteiger partial charge in [-0.25, -0.2) is 0 Å². The van der Waals surface area contributed by atoms with Crippen molar-refractivity contribution in [2.24, 2.45) is 7.05 Å². The highest BCUT2D eigenvalue weighted by molar-refractivity contribution is 5.65. The predicted octanol–water partition coefficient (Wildman–Crippen LogP) is 2.89. The second-order valence-electron chi connectivity index (χ2n) is 5.98. The monoisotopic (exact) mass is 280 g/mol. The Bertz CT molecular complexity index is 422. The second kappa shape index (κ2) is 6.97. The summed E-state index contributed by atoms with van der Waals surface area (Å²) in [5.41, 5.74) is 7.87. The highest BCUT2D eigenvalue weighted by Crippen LogP contribution is 2.27. The van der Waals surface area contributed by atoms with E-state index in [-0.39, 0.29) is 0 Å². The van der Waals surface area contributed by atoms with Crippen LogP contribution in [0.25, 0.3) is 0 Å². The van der Waals surface area contributed by atoms with Crippen LogP contribution in [0.1, 0.15) is 57.6 Å². The largest absolute Gasteiger partial charge is 0.394 e. The van der Waals surface area contributed by atoms with E-state index >= 15 is 0 Å². The van der Waals surface area contributed by atoms with Gasteiger partial charge in [0, 0.05) is 13.6 Å². The van der Waals surface area contributed by atoms with Gasteiger partial charge in [-0.1, -0.05) is 33.1 Å². The van der Waals surface area contributed by atoms with E-state index in [0.717, 1.165) is 30.4 Å². The lowest BCUT2D eigenvalue weighted by Gasteiger charge is -2.22. The number of ether oxygens (including phenoxy) is 1. The summed E-state index contributed by atoms with van der Waals surface area (Å²) in [7, 11) is 1.92. The third-order valence-corrected chi connectivity index (χ3v) is 3.96. The Balaban J connectivity index is 1.79. The van der Waals surface area contributed by atoms with Crippen molar-refractivity contribution in [1.29, 1.82) is 0 Å². The molecule has 0 unspecified atom stereocenters. The SMILES string of the molecule is CC(C)c1nn(C)c(NCCOC2CCCCC2)c1N. The fourth-order valence-electron chi connectivity index (χ4n) is 2.82. The lowest BCUT2D eigenvalue weighted by molar-refractivity contribution is 0.0347. The fraction of sp³-hybridized carbons (Fsp3) is 0.800. The molecule has 0 saturated heterocycles. The molecule has 0 bridgehead atoms. The maximum absolute atomic E-state index is 6.14. The van der Waals surface area contributed by atoms with E-state index < -0.39 is 0 Å². The van der Waals surface area contributed by atoms with Crippen LogP contribution in [0, 0.1) is 0 Å². The molecule has 5 nitrogen and oxygen atoms in total. The van der Waals surface area contributed by atoms with Crippen molar-refractivity contribution in [2.75, 3.05) is 24.2 Å². The molecule has 0 amide bonds. The first-order chi connectivity index (χ1) is 9.59. The van der Waals surface area contributed by atoms with Gasteiger partial charge in [0.2, 0.25) is 0 Å². The Morgan fingerprint density at radius 2 is 2.05 bits per heavy atom. The minimum atomic E-state index is 0.343. The molecule has 114 valence electrons. The number of aryl methyl sites for hydroxylation is 1. The number of nitrogens with two attached hydrogens (primary N) is 1. The molecule has 1 heterocycles. The van der Waals surface area contributed by atoms with Gasteiger partial charge in [0.05, 0.1) is 24.1 Å². The Labute approximate surface area is 121 Å². The van der Waals surface area contributed by atoms with Crippen molar-refractivity contribution < 1.29 is 4.74 Å². The molecule has 1 aliphatic rings. The smallest absolute Gasteiger partial charge is 0.147 e. The van der Waals surface area contributed by atoms with Gasteiger partial charge in [-0.15, -0.1) is 0 Å². The zero-order valence-electron chi connectivity index (χ0n) is 13.0. The van der Waals surface area contributed by atoms with Crippen molar-refractivity contribution in [1.82, 2.24) is 9.78 Å². The molecule has 0 spiro atoms. The van der Waals surface area contributed by atoms with Crippen molar-refractivity contribution in [3.05, 3.63) is 5.69 Å². The third-order valence-electron chi connectivity index (χ3n) is 3.96. The molecule has 0 aromatic carbocycles. The van der Waals surface area contributed by atoms with Gasteiger partial charge in [0.25, 0.3) is 0 Å². The predicted molar refractivity (Wildman–Crippen MR) is 83.0 cm³/mol. The summed E-state index contributed by atoms with van der Waals surface area (Å²) in [5, 5.41) is 7.81. The van der Waals surface area contributed by atoms with E-state index in [9.17, 15) is 0 Å². The summed E-state index contributed by atoms with van der Waals surface area (Å²) >= 11 is 0. The first-order valence-corrected chi connectivity index (χ1v) is 7.77. The van der Waals surface area contributed by atoms with Crippen LogP contribution in [0.3, 0.4) is 0 Å². The van der Waals surface area contributed by atoms with E-state index in [2.05, 4.69) is 24.3 Å². The van der Waals surface area contributed by atoms with Gasteiger partial charge in [0.1, 0.15) is 5.82 Å². The number of nitrogen functional groups attached to an aromatic ring is 1. The molecule has 20 heavy (non-hydrogen) atoms. The Kier molecular flexibility index (Phi) is 5.29. The van der Waals surface area contributed by atoms with Crippen LogP contribution in [-0.4, -0.2) is 29.0 Å². The van der Waals surface area contributed by atoms with Gasteiger partial charge < -0.3 is 15.8 Å². The molecule has 2 rings (SSSR count). The summed E-state index contributed by atoms with van der Waals surface area (Å²) in [6, 6.07) is 0. The summed E-state index contributed by atoms with van der Waals surface area (Å²) in [4.78, 5) is 0. The molecule has 0 atom stereocenters. The van der Waals surface area contributed by atoms with Crippen molar-refractivity contribution in [3.63, 3.8) is 0 Å². The number of anilines is 2. The highest BCUT2D eigenvalue weighted by Gasteiger charge is 2.16. The molecule has 5 heteroatoms. The number of nitrogens with zero attached hydrogens (tertiary/aromatic N) is 2. The summed E-state index contributed by atoms with van der Waals surface area (Å²) in [6.45, 7) is 5.72. The topological polar surface area (TPSA) is 65.1 Å². The van der Waals surface area contributed by atoms with Gasteiger partial charge in [0.15, 0.2) is 0 Å². The van der Waals surface area contributed by atoms with Gasteiger partial charge in [-0.3, -0.25) is 4.68 Å². The summed E-state index contributed by atoms with van der Waals surface area (Å²) < 4.78 is 7.73. The van der Waals surface area contributed by atoms with E-state index in [1.54, 1.807) is 0 Å². The van der Waals surface area contributed by atoms with Crippen LogP contribution in [0.2, 0.25) is 0 Å². The van der Waals surface area contributed by atoms with E-state index in [0.29, 0.717) is 12.0 Å². The molecule has 1 fully saturated rings. The second-order valence-corrected chi connectivity index (χ2v) is 5.98. The minimum Gasteiger partial charge on any atom is -0.394 e. The molecule has 1 aromatic rings. The van der Waals surface area contributed by atoms with Crippen molar-refractivity contribution >= 4 is 11.5 Å². The molecule has 1 aromatic heterocycles. The van der Waals surface area contributed by atoms with Crippen LogP contribution in [0.4, 0.5) is 11.5 Å². The zero-order valence-corrected chi connectivity index (χ0v) is 13.0. The van der Waals surface area contributed by atoms with Crippen LogP contribution in [0.15, 0.2) is 0 Å². The Morgan fingerprint density at radius 3 is 2.65 bits per heavy atom. The quantitative estimate of drug-likeness (QED) is 0.786. The summed E-state index contributed by atoms with van der Waals surface area (Å²) in [6.07, 6.45) is 6.87. The molecule has 3 N–H and O–H groups in total. The van der Waals surface area contributed by atoms with E-state index in [1.165, 1.54) is 32.1 Å². The van der Waals surface area contributed by atoms with Gasteiger partial charge >= 0.3 is 0 Å². The number of rotatable bonds is 6. The van der Waals surface area contributed by atoms with Gasteiger partial charge in [-0.2, -0.15) is 5.10 Å². The molecular weight excluding hydrogens is 252 g/mol. The number of nitrogens with one attached hydrogen (secondary N) is 1. The molecule has 1 aliphatic carbocycles. The molecule has 0 aliphatic heterocycles. The Morgan fingerprint density at radius 1 is 1.35 bits per heavy atom. The number of hydrogen-bond donors (Lipinski definition) is 2. The highest BCUT2D eigenvalue weighted by atomic mass is 16.5. The average Bonchev–Trinajstić information content (AvgIpc) is 2.72. The van der Waals surface area contributed by atoms with Crippen LogP contribution in [-0.2, 0) is 11.8 Å². The molecular formula is C15H28N4O. The van der Waals surface area contributed by atoms with Crippen LogP contribution >= 0.6 is 0 Å². The minimum absolute atomic E-state index is 0.343. The fourth-order valence-corrected chi connectivity index (χ4v) is 2.82. The lowest BCUT2D eigenvalue weighted by Crippen LogP contribution is -2.21. The maximum Gasteiger partial charge on any atom is 0.147 e. The van der Waals surface area contributed by atoms with E-state index in [4.69, 9.17) is 10.5 Å². The van der Waals surface area contributed by atoms with Crippen molar-refractivity contribution in [3.8, 4) is 0 Å². The third kappa shape index (κ3) is 3.66. The molecule has 1 saturated carbocycles. The zero-order chi connectivity index (χ0) is 14.5. The Hall–Kier alpha value is -1.23. The summed E-state index contributed by atoms with van der Waals surface area (Å²) in [5.74, 6) is 1.25. The average molecular weight is 280 g/mol. The van der Waals surface area contributed by atoms with Crippen LogP contribution in [0.5, 0.6) is 0 Å². The first kappa shape index (κ1) is 15.2. The van der Waals surface area contributed by atoms with Crippen molar-refractivity contribution in [2.45, 2.75) is 58.0 Å². The first-order valence-electron chi connectivity index (χ1n) is 7.77. The normalized spacial score (nSPS) is 16.8. The lowest BCUT2D eigenvalue weighted by atomic mass is 9.98.